The summed E-state index contributed by atoms with van der Waals surface area (Å²) in [6.07, 6.45) is 1.77. The van der Waals surface area contributed by atoms with Crippen LogP contribution in [0.3, 0.4) is 0 Å². The summed E-state index contributed by atoms with van der Waals surface area (Å²) in [7, 11) is 1.41. The molecule has 0 aliphatic carbocycles. The lowest BCUT2D eigenvalue weighted by Crippen LogP contribution is -2.14. The average Bonchev–Trinajstić information content (AvgIpc) is 2.29. The molecule has 1 rings (SSSR count). The quantitative estimate of drug-likeness (QED) is 0.633. The van der Waals surface area contributed by atoms with E-state index in [0.29, 0.717) is 5.75 Å². The number of aryl methyl sites for hydroxylation is 1. The zero-order valence-electron chi connectivity index (χ0n) is 9.49. The zero-order valence-corrected chi connectivity index (χ0v) is 11.9. The smallest absolute Gasteiger partial charge is 0.309 e. The molecule has 5 heteroatoms. The fraction of sp³-hybridized carbons (Fsp3) is 0.455. The molecule has 0 aliphatic heterocycles. The van der Waals surface area contributed by atoms with Gasteiger partial charge >= 0.3 is 5.97 Å². The lowest BCUT2D eigenvalue weighted by atomic mass is 10.2. The Kier molecular flexibility index (Phi) is 5.28. The van der Waals surface area contributed by atoms with E-state index in [1.54, 1.807) is 18.0 Å². The summed E-state index contributed by atoms with van der Waals surface area (Å²) < 4.78 is 5.67. The summed E-state index contributed by atoms with van der Waals surface area (Å²) in [6, 6.07) is 1.94. The maximum atomic E-state index is 11.2. The molecule has 1 heterocycles. The van der Waals surface area contributed by atoms with Gasteiger partial charge in [-0.2, -0.15) is 0 Å². The van der Waals surface area contributed by atoms with E-state index in [1.165, 1.54) is 7.11 Å². The molecule has 16 heavy (non-hydrogen) atoms. The number of hydrogen-bond acceptors (Lipinski definition) is 4. The van der Waals surface area contributed by atoms with E-state index in [4.69, 9.17) is 0 Å². The monoisotopic (exact) mass is 303 g/mol. The van der Waals surface area contributed by atoms with Gasteiger partial charge in [0.25, 0.3) is 0 Å². The van der Waals surface area contributed by atoms with E-state index in [0.717, 1.165) is 15.1 Å². The van der Waals surface area contributed by atoms with Crippen LogP contribution >= 0.6 is 27.7 Å². The van der Waals surface area contributed by atoms with Crippen LogP contribution in [0.5, 0.6) is 0 Å². The number of ether oxygens (including phenoxy) is 1. The van der Waals surface area contributed by atoms with Crippen molar-refractivity contribution in [2.45, 2.75) is 18.9 Å². The maximum absolute atomic E-state index is 11.2. The second kappa shape index (κ2) is 6.25. The summed E-state index contributed by atoms with van der Waals surface area (Å²) in [4.78, 5) is 15.5. The molecule has 1 aromatic heterocycles. The predicted molar refractivity (Wildman–Crippen MR) is 68.6 cm³/mol. The van der Waals surface area contributed by atoms with Crippen LogP contribution in [-0.2, 0) is 9.53 Å². The highest BCUT2D eigenvalue weighted by Gasteiger charge is 2.14. The van der Waals surface area contributed by atoms with Crippen molar-refractivity contribution in [3.05, 3.63) is 22.3 Å². The van der Waals surface area contributed by atoms with Crippen molar-refractivity contribution in [1.29, 1.82) is 0 Å². The van der Waals surface area contributed by atoms with Crippen molar-refractivity contribution in [1.82, 2.24) is 4.98 Å². The topological polar surface area (TPSA) is 39.2 Å². The Morgan fingerprint density at radius 3 is 3.00 bits per heavy atom. The van der Waals surface area contributed by atoms with Crippen molar-refractivity contribution in [2.75, 3.05) is 12.9 Å². The largest absolute Gasteiger partial charge is 0.469 e. The number of nitrogens with zero attached hydrogens (tertiary/aromatic N) is 1. The van der Waals surface area contributed by atoms with Crippen LogP contribution in [0.15, 0.2) is 21.8 Å². The third-order valence-electron chi connectivity index (χ3n) is 2.12. The highest BCUT2D eigenvalue weighted by molar-refractivity contribution is 9.10. The van der Waals surface area contributed by atoms with Gasteiger partial charge in [-0.05, 0) is 34.5 Å². The SMILES string of the molecule is COC(=O)C(C)CSc1nccc(C)c1Br. The fourth-order valence-electron chi connectivity index (χ4n) is 1.09. The molecule has 0 radical (unpaired) electrons. The van der Waals surface area contributed by atoms with E-state index in [1.807, 2.05) is 19.9 Å². The molecule has 1 aromatic rings. The summed E-state index contributed by atoms with van der Waals surface area (Å²) in [5, 5.41) is 0.913. The Hall–Kier alpha value is -0.550. The molecule has 3 nitrogen and oxygen atoms in total. The number of hydrogen-bond donors (Lipinski definition) is 0. The standard InChI is InChI=1S/C11H14BrNO2S/c1-7-4-5-13-10(9(7)12)16-6-8(2)11(14)15-3/h4-5,8H,6H2,1-3H3. The number of rotatable bonds is 4. The van der Waals surface area contributed by atoms with Gasteiger partial charge in [-0.15, -0.1) is 11.8 Å². The molecule has 1 atom stereocenters. The second-order valence-electron chi connectivity index (χ2n) is 3.48. The fourth-order valence-corrected chi connectivity index (χ4v) is 2.63. The van der Waals surface area contributed by atoms with Crippen molar-refractivity contribution in [2.24, 2.45) is 5.92 Å². The first-order valence-electron chi connectivity index (χ1n) is 4.88. The molecule has 0 saturated heterocycles. The number of carbonyl (C=O) groups excluding carboxylic acids is 1. The maximum Gasteiger partial charge on any atom is 0.309 e. The minimum absolute atomic E-state index is 0.121. The summed E-state index contributed by atoms with van der Waals surface area (Å²) in [5.41, 5.74) is 1.14. The van der Waals surface area contributed by atoms with Gasteiger partial charge in [-0.3, -0.25) is 4.79 Å². The molecule has 0 amide bonds. The highest BCUT2D eigenvalue weighted by Crippen LogP contribution is 2.29. The van der Waals surface area contributed by atoms with Gasteiger partial charge in [0, 0.05) is 11.9 Å². The van der Waals surface area contributed by atoms with Crippen LogP contribution in [0.2, 0.25) is 0 Å². The number of carbonyl (C=O) groups is 1. The zero-order chi connectivity index (χ0) is 12.1. The third-order valence-corrected chi connectivity index (χ3v) is 4.64. The van der Waals surface area contributed by atoms with Gasteiger partial charge in [-0.25, -0.2) is 4.98 Å². The van der Waals surface area contributed by atoms with Gasteiger partial charge in [-0.1, -0.05) is 6.92 Å². The van der Waals surface area contributed by atoms with Gasteiger partial charge < -0.3 is 4.74 Å². The molecular weight excluding hydrogens is 290 g/mol. The molecule has 0 fully saturated rings. The van der Waals surface area contributed by atoms with Crippen molar-refractivity contribution < 1.29 is 9.53 Å². The Balaban J connectivity index is 2.61. The normalized spacial score (nSPS) is 12.2. The minimum Gasteiger partial charge on any atom is -0.469 e. The molecule has 0 bridgehead atoms. The molecule has 1 unspecified atom stereocenters. The number of pyridine rings is 1. The number of esters is 1. The first kappa shape index (κ1) is 13.5. The van der Waals surface area contributed by atoms with Crippen molar-refractivity contribution in [3.8, 4) is 0 Å². The van der Waals surface area contributed by atoms with Crippen LogP contribution < -0.4 is 0 Å². The van der Waals surface area contributed by atoms with Gasteiger partial charge in [0.05, 0.1) is 17.5 Å². The number of thioether (sulfide) groups is 1. The molecule has 0 N–H and O–H groups in total. The lowest BCUT2D eigenvalue weighted by Gasteiger charge is -2.09. The van der Waals surface area contributed by atoms with Crippen LogP contribution in [0, 0.1) is 12.8 Å². The first-order chi connectivity index (χ1) is 7.56. The second-order valence-corrected chi connectivity index (χ2v) is 5.28. The average molecular weight is 304 g/mol. The van der Waals surface area contributed by atoms with Crippen LogP contribution in [0.1, 0.15) is 12.5 Å². The van der Waals surface area contributed by atoms with E-state index in [9.17, 15) is 4.79 Å². The van der Waals surface area contributed by atoms with Gasteiger partial charge in [0.15, 0.2) is 0 Å². The lowest BCUT2D eigenvalue weighted by molar-refractivity contribution is -0.143. The molecule has 0 aromatic carbocycles. The highest BCUT2D eigenvalue weighted by atomic mass is 79.9. The summed E-state index contributed by atoms with van der Waals surface area (Å²) in [6.45, 7) is 3.86. The van der Waals surface area contributed by atoms with E-state index < -0.39 is 0 Å². The summed E-state index contributed by atoms with van der Waals surface area (Å²) >= 11 is 5.04. The summed E-state index contributed by atoms with van der Waals surface area (Å²) in [5.74, 6) is 0.363. The Morgan fingerprint density at radius 1 is 1.69 bits per heavy atom. The van der Waals surface area contributed by atoms with Crippen LogP contribution in [0.25, 0.3) is 0 Å². The van der Waals surface area contributed by atoms with Crippen molar-refractivity contribution >= 4 is 33.7 Å². The molecular formula is C11H14BrNO2S. The van der Waals surface area contributed by atoms with Gasteiger partial charge in [0.1, 0.15) is 5.03 Å². The third kappa shape index (κ3) is 3.49. The number of aromatic nitrogens is 1. The van der Waals surface area contributed by atoms with E-state index in [2.05, 4.69) is 25.7 Å². The minimum atomic E-state index is -0.184. The molecule has 0 saturated carbocycles. The van der Waals surface area contributed by atoms with Gasteiger partial charge in [0.2, 0.25) is 0 Å². The number of methoxy groups -OCH3 is 1. The van der Waals surface area contributed by atoms with Crippen LogP contribution in [-0.4, -0.2) is 23.8 Å². The molecule has 0 spiro atoms. The predicted octanol–water partition coefficient (Wildman–Crippen LogP) is 3.05. The van der Waals surface area contributed by atoms with E-state index in [-0.39, 0.29) is 11.9 Å². The molecule has 0 aliphatic rings. The van der Waals surface area contributed by atoms with Crippen LogP contribution in [0.4, 0.5) is 0 Å². The Labute approximate surface area is 108 Å². The van der Waals surface area contributed by atoms with E-state index >= 15 is 0 Å². The van der Waals surface area contributed by atoms with Crippen molar-refractivity contribution in [3.63, 3.8) is 0 Å². The Morgan fingerprint density at radius 2 is 2.38 bits per heavy atom. The molecule has 88 valence electrons. The first-order valence-corrected chi connectivity index (χ1v) is 6.65. The number of halogens is 1. The Bertz CT molecular complexity index is 384.